The second-order valence-electron chi connectivity index (χ2n) is 7.03. The number of hydrogen-bond acceptors (Lipinski definition) is 4. The Labute approximate surface area is 157 Å². The van der Waals surface area contributed by atoms with Crippen LogP contribution in [0.15, 0.2) is 24.3 Å². The van der Waals surface area contributed by atoms with Crippen LogP contribution in [0, 0.1) is 0 Å². The molecule has 1 aromatic carbocycles. The molecule has 26 heavy (non-hydrogen) atoms. The molecule has 0 aromatic heterocycles. The van der Waals surface area contributed by atoms with Gasteiger partial charge in [-0.1, -0.05) is 13.0 Å². The number of carbonyl (C=O) groups is 1. The number of nitrogens with zero attached hydrogens (tertiary/aromatic N) is 1. The Hall–Kier alpha value is -2.01. The van der Waals surface area contributed by atoms with Crippen LogP contribution in [-0.4, -0.2) is 49.7 Å². The molecule has 5 nitrogen and oxygen atoms in total. The Morgan fingerprint density at radius 3 is 2.65 bits per heavy atom. The fraction of sp³-hybridized carbons (Fsp3) is 0.571. The van der Waals surface area contributed by atoms with Crippen LogP contribution < -0.4 is 14.8 Å². The minimum absolute atomic E-state index is 0.0413. The lowest BCUT2D eigenvalue weighted by Gasteiger charge is -2.31. The topological polar surface area (TPSA) is 50.8 Å². The monoisotopic (exact) mass is 360 g/mol. The van der Waals surface area contributed by atoms with Gasteiger partial charge in [0.2, 0.25) is 5.91 Å². The van der Waals surface area contributed by atoms with Gasteiger partial charge in [-0.05, 0) is 63.4 Å². The van der Waals surface area contributed by atoms with Crippen molar-refractivity contribution in [1.82, 2.24) is 10.2 Å². The second kappa shape index (κ2) is 10.2. The number of hydrogen-bond donors (Lipinski definition) is 1. The molecule has 1 aliphatic heterocycles. The maximum absolute atomic E-state index is 12.2. The highest BCUT2D eigenvalue weighted by molar-refractivity contribution is 5.92. The van der Waals surface area contributed by atoms with Crippen molar-refractivity contribution in [2.75, 3.05) is 26.7 Å². The van der Waals surface area contributed by atoms with E-state index in [2.05, 4.69) is 17.1 Å². The predicted octanol–water partition coefficient (Wildman–Crippen LogP) is 3.49. The van der Waals surface area contributed by atoms with E-state index in [-0.39, 0.29) is 18.1 Å². The highest BCUT2D eigenvalue weighted by Crippen LogP contribution is 2.29. The van der Waals surface area contributed by atoms with E-state index in [0.29, 0.717) is 11.5 Å². The van der Waals surface area contributed by atoms with Gasteiger partial charge in [-0.2, -0.15) is 0 Å². The van der Waals surface area contributed by atoms with E-state index >= 15 is 0 Å². The fourth-order valence-corrected chi connectivity index (χ4v) is 3.18. The molecule has 0 unspecified atom stereocenters. The van der Waals surface area contributed by atoms with Crippen LogP contribution in [0.1, 0.15) is 45.6 Å². The molecule has 0 atom stereocenters. The van der Waals surface area contributed by atoms with Crippen molar-refractivity contribution >= 4 is 12.0 Å². The van der Waals surface area contributed by atoms with Gasteiger partial charge in [-0.3, -0.25) is 4.79 Å². The zero-order chi connectivity index (χ0) is 18.9. The number of ether oxygens (including phenoxy) is 2. The minimum Gasteiger partial charge on any atom is -0.493 e. The van der Waals surface area contributed by atoms with E-state index in [4.69, 9.17) is 9.47 Å². The Bertz CT molecular complexity index is 605. The maximum atomic E-state index is 12.2. The van der Waals surface area contributed by atoms with Crippen molar-refractivity contribution in [3.8, 4) is 11.5 Å². The molecule has 1 N–H and O–H groups in total. The third kappa shape index (κ3) is 6.37. The molecule has 2 rings (SSSR count). The van der Waals surface area contributed by atoms with Gasteiger partial charge in [0.15, 0.2) is 11.5 Å². The van der Waals surface area contributed by atoms with Gasteiger partial charge in [0.05, 0.1) is 13.2 Å². The van der Waals surface area contributed by atoms with Crippen molar-refractivity contribution in [2.24, 2.45) is 0 Å². The number of rotatable bonds is 8. The van der Waals surface area contributed by atoms with Gasteiger partial charge in [-0.15, -0.1) is 0 Å². The van der Waals surface area contributed by atoms with Crippen LogP contribution in [0.4, 0.5) is 0 Å². The lowest BCUT2D eigenvalue weighted by molar-refractivity contribution is -0.117. The largest absolute Gasteiger partial charge is 0.493 e. The van der Waals surface area contributed by atoms with Crippen LogP contribution >= 0.6 is 0 Å². The molecule has 0 saturated carbocycles. The summed E-state index contributed by atoms with van der Waals surface area (Å²) in [6.07, 6.45) is 6.72. The molecule has 1 aromatic rings. The Morgan fingerprint density at radius 1 is 1.31 bits per heavy atom. The zero-order valence-electron chi connectivity index (χ0n) is 16.5. The van der Waals surface area contributed by atoms with E-state index in [1.165, 1.54) is 6.42 Å². The molecule has 1 heterocycles. The third-order valence-corrected chi connectivity index (χ3v) is 4.45. The summed E-state index contributed by atoms with van der Waals surface area (Å²) < 4.78 is 11.1. The molecular weight excluding hydrogens is 328 g/mol. The average molecular weight is 360 g/mol. The number of carbonyl (C=O) groups excluding carboxylic acids is 1. The highest BCUT2D eigenvalue weighted by atomic mass is 16.5. The number of piperidine rings is 1. The summed E-state index contributed by atoms with van der Waals surface area (Å²) in [6, 6.07) is 5.95. The first kappa shape index (κ1) is 20.3. The molecule has 1 saturated heterocycles. The van der Waals surface area contributed by atoms with Gasteiger partial charge >= 0.3 is 0 Å². The van der Waals surface area contributed by atoms with Crippen molar-refractivity contribution in [1.29, 1.82) is 0 Å². The molecule has 5 heteroatoms. The molecule has 1 aliphatic rings. The summed E-state index contributed by atoms with van der Waals surface area (Å²) in [6.45, 7) is 9.44. The zero-order valence-corrected chi connectivity index (χ0v) is 16.5. The summed E-state index contributed by atoms with van der Waals surface area (Å²) in [5.41, 5.74) is 0.908. The molecule has 0 radical (unpaired) electrons. The van der Waals surface area contributed by atoms with Crippen molar-refractivity contribution in [2.45, 2.75) is 52.2 Å². The molecular formula is C21H32N2O3. The van der Waals surface area contributed by atoms with Crippen molar-refractivity contribution in [3.05, 3.63) is 29.8 Å². The van der Waals surface area contributed by atoms with E-state index in [1.807, 2.05) is 38.1 Å². The van der Waals surface area contributed by atoms with Crippen molar-refractivity contribution in [3.63, 3.8) is 0 Å². The molecule has 0 bridgehead atoms. The van der Waals surface area contributed by atoms with E-state index in [1.54, 1.807) is 13.2 Å². The summed E-state index contributed by atoms with van der Waals surface area (Å²) in [5, 5.41) is 3.11. The number of methoxy groups -OCH3 is 1. The number of nitrogens with one attached hydrogen (secondary N) is 1. The lowest BCUT2D eigenvalue weighted by atomic mass is 10.0. The van der Waals surface area contributed by atoms with Gasteiger partial charge in [0, 0.05) is 25.2 Å². The average Bonchev–Trinajstić information content (AvgIpc) is 2.62. The SMILES string of the molecule is CCCN1CCC(NC(=O)/C=C/c2ccc(OC(C)C)c(OC)c2)CC1. The first-order valence-corrected chi connectivity index (χ1v) is 9.57. The predicted molar refractivity (Wildman–Crippen MR) is 106 cm³/mol. The fourth-order valence-electron chi connectivity index (χ4n) is 3.18. The van der Waals surface area contributed by atoms with Gasteiger partial charge in [0.25, 0.3) is 0 Å². The molecule has 0 spiro atoms. The normalized spacial score (nSPS) is 16.2. The number of benzene rings is 1. The molecule has 1 fully saturated rings. The van der Waals surface area contributed by atoms with Crippen LogP contribution in [0.3, 0.4) is 0 Å². The first-order valence-electron chi connectivity index (χ1n) is 9.57. The Kier molecular flexibility index (Phi) is 7.98. The van der Waals surface area contributed by atoms with Gasteiger partial charge < -0.3 is 19.7 Å². The molecule has 0 aliphatic carbocycles. The van der Waals surface area contributed by atoms with E-state index in [9.17, 15) is 4.79 Å². The standard InChI is InChI=1S/C21H32N2O3/c1-5-12-23-13-10-18(11-14-23)22-21(24)9-7-17-6-8-19(26-16(2)3)20(15-17)25-4/h6-9,15-16,18H,5,10-14H2,1-4H3,(H,22,24)/b9-7+. The second-order valence-corrected chi connectivity index (χ2v) is 7.03. The molecule has 1 amide bonds. The summed E-state index contributed by atoms with van der Waals surface area (Å²) in [5.74, 6) is 1.34. The van der Waals surface area contributed by atoms with Crippen molar-refractivity contribution < 1.29 is 14.3 Å². The summed E-state index contributed by atoms with van der Waals surface area (Å²) in [4.78, 5) is 14.7. The summed E-state index contributed by atoms with van der Waals surface area (Å²) >= 11 is 0. The lowest BCUT2D eigenvalue weighted by Crippen LogP contribution is -2.44. The van der Waals surface area contributed by atoms with Gasteiger partial charge in [0.1, 0.15) is 0 Å². The Balaban J connectivity index is 1.88. The van der Waals surface area contributed by atoms with Crippen LogP contribution in [0.2, 0.25) is 0 Å². The quantitative estimate of drug-likeness (QED) is 0.721. The third-order valence-electron chi connectivity index (χ3n) is 4.45. The Morgan fingerprint density at radius 2 is 2.04 bits per heavy atom. The minimum atomic E-state index is -0.0413. The summed E-state index contributed by atoms with van der Waals surface area (Å²) in [7, 11) is 1.62. The van der Waals surface area contributed by atoms with Crippen LogP contribution in [-0.2, 0) is 4.79 Å². The smallest absolute Gasteiger partial charge is 0.244 e. The highest BCUT2D eigenvalue weighted by Gasteiger charge is 2.19. The first-order chi connectivity index (χ1) is 12.5. The van der Waals surface area contributed by atoms with E-state index in [0.717, 1.165) is 38.0 Å². The van der Waals surface area contributed by atoms with Crippen LogP contribution in [0.5, 0.6) is 11.5 Å². The van der Waals surface area contributed by atoms with Gasteiger partial charge in [-0.25, -0.2) is 0 Å². The molecule has 144 valence electrons. The number of likely N-dealkylation sites (tertiary alicyclic amines) is 1. The maximum Gasteiger partial charge on any atom is 0.244 e. The number of amides is 1. The van der Waals surface area contributed by atoms with E-state index < -0.39 is 0 Å². The van der Waals surface area contributed by atoms with Crippen LogP contribution in [0.25, 0.3) is 6.08 Å².